The van der Waals surface area contributed by atoms with Crippen LogP contribution in [0.1, 0.15) is 12.0 Å². The number of benzene rings is 1. The number of nitrogens with zero attached hydrogens (tertiary/aromatic N) is 3. The number of amidine groups is 1. The summed E-state index contributed by atoms with van der Waals surface area (Å²) < 4.78 is 49.0. The lowest BCUT2D eigenvalue weighted by Gasteiger charge is -2.29. The largest absolute Gasteiger partial charge is 0.495 e. The first-order valence-corrected chi connectivity index (χ1v) is 9.84. The SMILES string of the molecule is COc1cnc2c(Nc3ccc(F)c([C@@]4(C(F)F)N=C(N)ON[C@@H]5C[C@@H]54)c3)nccc2c1. The maximum absolute atomic E-state index is 14.9. The summed E-state index contributed by atoms with van der Waals surface area (Å²) in [6, 6.07) is 6.55. The summed E-state index contributed by atoms with van der Waals surface area (Å²) in [5, 5.41) is 3.81. The Balaban J connectivity index is 1.58. The molecule has 3 heterocycles. The second-order valence-electron chi connectivity index (χ2n) is 7.67. The summed E-state index contributed by atoms with van der Waals surface area (Å²) in [7, 11) is 1.54. The first kappa shape index (κ1) is 20.3. The molecule has 2 aliphatic rings. The number of fused-ring (bicyclic) bond motifs is 2. The minimum atomic E-state index is -3.01. The van der Waals surface area contributed by atoms with Crippen molar-refractivity contribution in [3.05, 3.63) is 54.1 Å². The lowest BCUT2D eigenvalue weighted by molar-refractivity contribution is 0.0367. The molecule has 0 bridgehead atoms. The van der Waals surface area contributed by atoms with Crippen molar-refractivity contribution < 1.29 is 22.7 Å². The zero-order valence-electron chi connectivity index (χ0n) is 16.8. The number of aromatic nitrogens is 2. The van der Waals surface area contributed by atoms with E-state index in [0.29, 0.717) is 29.2 Å². The van der Waals surface area contributed by atoms with Crippen LogP contribution >= 0.6 is 0 Å². The molecule has 166 valence electrons. The maximum Gasteiger partial charge on any atom is 0.303 e. The van der Waals surface area contributed by atoms with Crippen LogP contribution in [-0.2, 0) is 10.4 Å². The fraction of sp³-hybridized carbons (Fsp3) is 0.286. The Morgan fingerprint density at radius 2 is 2.12 bits per heavy atom. The number of alkyl halides is 2. The van der Waals surface area contributed by atoms with E-state index in [4.69, 9.17) is 15.3 Å². The molecule has 0 unspecified atom stereocenters. The molecular weight excluding hydrogens is 425 g/mol. The number of nitrogens with one attached hydrogen (secondary N) is 2. The van der Waals surface area contributed by atoms with Crippen LogP contribution in [0, 0.1) is 11.7 Å². The molecule has 8 nitrogen and oxygen atoms in total. The predicted molar refractivity (Wildman–Crippen MR) is 111 cm³/mol. The van der Waals surface area contributed by atoms with E-state index in [1.807, 2.05) is 0 Å². The van der Waals surface area contributed by atoms with E-state index in [2.05, 4.69) is 25.8 Å². The summed E-state index contributed by atoms with van der Waals surface area (Å²) in [6.45, 7) is 0. The molecule has 0 spiro atoms. The number of anilines is 2. The van der Waals surface area contributed by atoms with Gasteiger partial charge >= 0.3 is 6.02 Å². The Kier molecular flexibility index (Phi) is 4.77. The Bertz CT molecular complexity index is 1220. The van der Waals surface area contributed by atoms with E-state index >= 15 is 0 Å². The summed E-state index contributed by atoms with van der Waals surface area (Å²) in [4.78, 5) is 17.6. The van der Waals surface area contributed by atoms with E-state index in [0.717, 1.165) is 11.5 Å². The summed E-state index contributed by atoms with van der Waals surface area (Å²) >= 11 is 0. The highest BCUT2D eigenvalue weighted by Crippen LogP contribution is 2.54. The van der Waals surface area contributed by atoms with E-state index in [9.17, 15) is 13.2 Å². The van der Waals surface area contributed by atoms with Crippen molar-refractivity contribution >= 4 is 28.4 Å². The van der Waals surface area contributed by atoms with Gasteiger partial charge in [0, 0.05) is 34.8 Å². The topological polar surface area (TPSA) is 107 Å². The Labute approximate surface area is 180 Å². The van der Waals surface area contributed by atoms with E-state index in [-0.39, 0.29) is 5.56 Å². The Hall–Kier alpha value is -3.60. The summed E-state index contributed by atoms with van der Waals surface area (Å²) in [5.41, 5.74) is 6.68. The van der Waals surface area contributed by atoms with Gasteiger partial charge in [0.25, 0.3) is 6.43 Å². The molecule has 0 amide bonds. The van der Waals surface area contributed by atoms with Gasteiger partial charge in [-0.3, -0.25) is 0 Å². The lowest BCUT2D eigenvalue weighted by Crippen LogP contribution is -2.38. The van der Waals surface area contributed by atoms with Crippen molar-refractivity contribution in [3.8, 4) is 5.75 Å². The normalized spacial score (nSPS) is 24.3. The van der Waals surface area contributed by atoms with Gasteiger partial charge in [-0.15, -0.1) is 5.48 Å². The summed E-state index contributed by atoms with van der Waals surface area (Å²) in [6.07, 6.45) is 0.467. The number of methoxy groups -OCH3 is 1. The Morgan fingerprint density at radius 1 is 1.28 bits per heavy atom. The molecule has 2 aromatic heterocycles. The Morgan fingerprint density at radius 3 is 2.91 bits per heavy atom. The van der Waals surface area contributed by atoms with Gasteiger partial charge in [0.15, 0.2) is 11.4 Å². The minimum absolute atomic E-state index is 0.268. The van der Waals surface area contributed by atoms with Gasteiger partial charge in [0.2, 0.25) is 0 Å². The molecule has 11 heteroatoms. The number of nitrogens with two attached hydrogens (primary N) is 1. The molecule has 0 saturated heterocycles. The van der Waals surface area contributed by atoms with Crippen LogP contribution in [-0.4, -0.2) is 35.6 Å². The molecule has 3 aromatic rings. The number of hydrogen-bond donors (Lipinski definition) is 3. The molecule has 1 fully saturated rings. The molecular formula is C21H19F3N6O2. The highest BCUT2D eigenvalue weighted by Gasteiger charge is 2.62. The van der Waals surface area contributed by atoms with Gasteiger partial charge in [-0.1, -0.05) is 0 Å². The van der Waals surface area contributed by atoms with Crippen LogP contribution in [0.3, 0.4) is 0 Å². The number of pyridine rings is 2. The van der Waals surface area contributed by atoms with Crippen LogP contribution in [0.25, 0.3) is 10.9 Å². The maximum atomic E-state index is 14.9. The molecule has 3 atom stereocenters. The van der Waals surface area contributed by atoms with Crippen molar-refractivity contribution in [2.24, 2.45) is 16.6 Å². The number of hydrogen-bond acceptors (Lipinski definition) is 8. The zero-order valence-corrected chi connectivity index (χ0v) is 16.8. The number of ether oxygens (including phenoxy) is 1. The highest BCUT2D eigenvalue weighted by molar-refractivity contribution is 5.90. The van der Waals surface area contributed by atoms with Crippen LogP contribution < -0.4 is 21.3 Å². The van der Waals surface area contributed by atoms with Crippen molar-refractivity contribution in [2.45, 2.75) is 24.4 Å². The molecule has 0 radical (unpaired) electrons. The zero-order chi connectivity index (χ0) is 22.5. The molecule has 1 aromatic carbocycles. The molecule has 1 aliphatic carbocycles. The van der Waals surface area contributed by atoms with E-state index in [1.165, 1.54) is 19.2 Å². The molecule has 1 saturated carbocycles. The van der Waals surface area contributed by atoms with Gasteiger partial charge in [-0.2, -0.15) is 0 Å². The third-order valence-electron chi connectivity index (χ3n) is 5.77. The van der Waals surface area contributed by atoms with E-state index < -0.39 is 35.8 Å². The fourth-order valence-electron chi connectivity index (χ4n) is 4.11. The van der Waals surface area contributed by atoms with Crippen LogP contribution in [0.5, 0.6) is 5.75 Å². The third kappa shape index (κ3) is 3.25. The number of rotatable bonds is 5. The van der Waals surface area contributed by atoms with Crippen molar-refractivity contribution in [1.82, 2.24) is 15.4 Å². The predicted octanol–water partition coefficient (Wildman–Crippen LogP) is 3.22. The fourth-order valence-corrected chi connectivity index (χ4v) is 4.11. The monoisotopic (exact) mass is 444 g/mol. The molecule has 32 heavy (non-hydrogen) atoms. The first-order valence-electron chi connectivity index (χ1n) is 9.84. The van der Waals surface area contributed by atoms with Gasteiger partial charge in [-0.05, 0) is 36.8 Å². The van der Waals surface area contributed by atoms with Crippen LogP contribution in [0.4, 0.5) is 24.7 Å². The quantitative estimate of drug-likeness (QED) is 0.555. The average Bonchev–Trinajstić information content (AvgIpc) is 3.58. The smallest absolute Gasteiger partial charge is 0.303 e. The summed E-state index contributed by atoms with van der Waals surface area (Å²) in [5.74, 6) is -0.519. The molecule has 4 N–H and O–H groups in total. The third-order valence-corrected chi connectivity index (χ3v) is 5.77. The second kappa shape index (κ2) is 7.52. The average molecular weight is 444 g/mol. The standard InChI is InChI=1S/C21H19F3N6O2/c1-31-12-6-10-4-5-26-18(17(10)27-9-12)28-11-2-3-15(22)13(7-11)21(19(23)24)14-8-16(14)30-32-20(25)29-21/h2-7,9,14,16,19,30H,8H2,1H3,(H2,25,29)(H,26,28)/t14-,16+,21+/m0/s1. The highest BCUT2D eigenvalue weighted by atomic mass is 19.3. The lowest BCUT2D eigenvalue weighted by atomic mass is 9.84. The van der Waals surface area contributed by atoms with Gasteiger partial charge in [0.05, 0.1) is 13.3 Å². The van der Waals surface area contributed by atoms with Crippen molar-refractivity contribution in [1.29, 1.82) is 0 Å². The molecule has 5 rings (SSSR count). The number of aliphatic imine (C=N–C) groups is 1. The second-order valence-corrected chi connectivity index (χ2v) is 7.67. The van der Waals surface area contributed by atoms with Crippen LogP contribution in [0.15, 0.2) is 47.7 Å². The number of halogens is 3. The number of hydroxylamine groups is 1. The van der Waals surface area contributed by atoms with Gasteiger partial charge in [0.1, 0.15) is 17.1 Å². The van der Waals surface area contributed by atoms with Gasteiger partial charge < -0.3 is 20.6 Å². The van der Waals surface area contributed by atoms with Crippen molar-refractivity contribution in [3.63, 3.8) is 0 Å². The molecule has 1 aliphatic heterocycles. The minimum Gasteiger partial charge on any atom is -0.495 e. The van der Waals surface area contributed by atoms with E-state index in [1.54, 1.807) is 24.5 Å². The van der Waals surface area contributed by atoms with Crippen LogP contribution in [0.2, 0.25) is 0 Å². The van der Waals surface area contributed by atoms with Gasteiger partial charge in [-0.25, -0.2) is 28.1 Å². The first-order chi connectivity index (χ1) is 15.4. The van der Waals surface area contributed by atoms with Crippen molar-refractivity contribution in [2.75, 3.05) is 12.4 Å².